The molecule has 28 heavy (non-hydrogen) atoms. The van der Waals surface area contributed by atoms with E-state index in [9.17, 15) is 4.79 Å². The molecule has 0 bridgehead atoms. The highest BCUT2D eigenvalue weighted by Crippen LogP contribution is 2.33. The number of carbonyl (C=O) groups is 1. The van der Waals surface area contributed by atoms with Gasteiger partial charge in [0.15, 0.2) is 5.13 Å². The van der Waals surface area contributed by atoms with Crippen molar-refractivity contribution in [3.05, 3.63) is 59.2 Å². The molecular formula is C20H18N4O2S2. The maximum Gasteiger partial charge on any atom is 0.265 e. The van der Waals surface area contributed by atoms with Crippen LogP contribution in [0.4, 0.5) is 10.8 Å². The van der Waals surface area contributed by atoms with Crippen molar-refractivity contribution in [1.82, 2.24) is 9.97 Å². The molecule has 4 aromatic rings. The Morgan fingerprint density at radius 2 is 1.89 bits per heavy atom. The first-order chi connectivity index (χ1) is 13.6. The molecule has 1 amide bonds. The van der Waals surface area contributed by atoms with Crippen LogP contribution < -0.4 is 10.6 Å². The first-order valence-electron chi connectivity index (χ1n) is 8.72. The Morgan fingerprint density at radius 3 is 2.57 bits per heavy atom. The van der Waals surface area contributed by atoms with Crippen LogP contribution in [0.3, 0.4) is 0 Å². The van der Waals surface area contributed by atoms with Gasteiger partial charge >= 0.3 is 0 Å². The van der Waals surface area contributed by atoms with Gasteiger partial charge in [0.1, 0.15) is 4.83 Å². The van der Waals surface area contributed by atoms with Gasteiger partial charge in [-0.05, 0) is 36.8 Å². The number of nitrogens with zero attached hydrogens (tertiary/aromatic N) is 2. The molecule has 6 nitrogen and oxygen atoms in total. The Morgan fingerprint density at radius 1 is 1.11 bits per heavy atom. The van der Waals surface area contributed by atoms with Crippen molar-refractivity contribution in [2.75, 3.05) is 23.8 Å². The van der Waals surface area contributed by atoms with Crippen molar-refractivity contribution in [1.29, 1.82) is 0 Å². The van der Waals surface area contributed by atoms with Crippen LogP contribution in [-0.2, 0) is 0 Å². The van der Waals surface area contributed by atoms with E-state index in [1.54, 1.807) is 0 Å². The van der Waals surface area contributed by atoms with Crippen molar-refractivity contribution in [2.24, 2.45) is 0 Å². The van der Waals surface area contributed by atoms with Crippen LogP contribution >= 0.6 is 22.7 Å². The summed E-state index contributed by atoms with van der Waals surface area (Å²) in [6, 6.07) is 13.6. The number of aliphatic hydroxyl groups is 1. The zero-order chi connectivity index (χ0) is 19.5. The highest BCUT2D eigenvalue weighted by Gasteiger charge is 2.14. The van der Waals surface area contributed by atoms with Gasteiger partial charge in [0, 0.05) is 29.7 Å². The smallest absolute Gasteiger partial charge is 0.265 e. The SMILES string of the molecule is Cc1ccc(-c2ccc(NC(=O)c3cc4sc(NCCO)nc4s3)cc2)cn1. The second-order valence-corrected chi connectivity index (χ2v) is 8.23. The van der Waals surface area contributed by atoms with Crippen LogP contribution in [0.2, 0.25) is 0 Å². The normalized spacial score (nSPS) is 10.9. The Kier molecular flexibility index (Phi) is 5.34. The lowest BCUT2D eigenvalue weighted by Crippen LogP contribution is -2.09. The van der Waals surface area contributed by atoms with E-state index in [4.69, 9.17) is 5.11 Å². The summed E-state index contributed by atoms with van der Waals surface area (Å²) in [6.07, 6.45) is 1.85. The summed E-state index contributed by atoms with van der Waals surface area (Å²) in [7, 11) is 0. The number of benzene rings is 1. The fourth-order valence-corrected chi connectivity index (χ4v) is 4.70. The molecule has 4 rings (SSSR count). The third-order valence-electron chi connectivity index (χ3n) is 4.09. The first kappa shape index (κ1) is 18.5. The summed E-state index contributed by atoms with van der Waals surface area (Å²) < 4.78 is 0.956. The molecule has 0 aliphatic heterocycles. The van der Waals surface area contributed by atoms with Crippen LogP contribution in [-0.4, -0.2) is 34.1 Å². The fourth-order valence-electron chi connectivity index (χ4n) is 2.66. The van der Waals surface area contributed by atoms with E-state index in [0.29, 0.717) is 11.4 Å². The molecule has 3 aromatic heterocycles. The molecule has 3 heterocycles. The number of anilines is 2. The molecule has 0 unspecified atom stereocenters. The minimum atomic E-state index is -0.148. The standard InChI is InChI=1S/C20H18N4O2S2/c1-12-2-3-14(11-22-12)13-4-6-15(7-5-13)23-18(26)16-10-17-19(27-16)24-20(28-17)21-8-9-25/h2-7,10-11,25H,8-9H2,1H3,(H,21,24)(H,23,26). The number of hydrogen-bond donors (Lipinski definition) is 3. The number of thiophene rings is 1. The molecule has 0 saturated heterocycles. The average Bonchev–Trinajstić information content (AvgIpc) is 3.26. The summed E-state index contributed by atoms with van der Waals surface area (Å²) in [4.78, 5) is 22.7. The molecule has 0 aliphatic rings. The number of fused-ring (bicyclic) bond motifs is 1. The zero-order valence-corrected chi connectivity index (χ0v) is 16.7. The highest BCUT2D eigenvalue weighted by atomic mass is 32.1. The Balaban J connectivity index is 1.45. The van der Waals surface area contributed by atoms with Gasteiger partial charge in [0.2, 0.25) is 0 Å². The van der Waals surface area contributed by atoms with Crippen LogP contribution in [0.15, 0.2) is 48.7 Å². The molecule has 0 radical (unpaired) electrons. The predicted octanol–water partition coefficient (Wildman–Crippen LogP) is 4.38. The summed E-state index contributed by atoms with van der Waals surface area (Å²) in [5.74, 6) is -0.148. The van der Waals surface area contributed by atoms with Gasteiger partial charge in [-0.25, -0.2) is 4.98 Å². The molecule has 142 valence electrons. The summed E-state index contributed by atoms with van der Waals surface area (Å²) in [5.41, 5.74) is 3.81. The van der Waals surface area contributed by atoms with Crippen molar-refractivity contribution >= 4 is 48.9 Å². The molecular weight excluding hydrogens is 392 g/mol. The lowest BCUT2D eigenvalue weighted by atomic mass is 10.1. The third kappa shape index (κ3) is 4.04. The lowest BCUT2D eigenvalue weighted by Gasteiger charge is -2.06. The minimum absolute atomic E-state index is 0.0557. The number of aliphatic hydroxyl groups excluding tert-OH is 1. The Labute approximate surface area is 169 Å². The van der Waals surface area contributed by atoms with E-state index in [1.807, 2.05) is 55.6 Å². The first-order valence-corrected chi connectivity index (χ1v) is 10.4. The number of aromatic nitrogens is 2. The van der Waals surface area contributed by atoms with Gasteiger partial charge in [0.05, 0.1) is 16.2 Å². The Hall–Kier alpha value is -2.81. The van der Waals surface area contributed by atoms with Gasteiger partial charge in [-0.15, -0.1) is 11.3 Å². The molecule has 0 fully saturated rings. The van der Waals surface area contributed by atoms with E-state index in [1.165, 1.54) is 22.7 Å². The summed E-state index contributed by atoms with van der Waals surface area (Å²) >= 11 is 2.83. The van der Waals surface area contributed by atoms with Crippen LogP contribution in [0.25, 0.3) is 20.7 Å². The van der Waals surface area contributed by atoms with Crippen molar-refractivity contribution in [3.8, 4) is 11.1 Å². The van der Waals surface area contributed by atoms with E-state index in [-0.39, 0.29) is 12.5 Å². The predicted molar refractivity (Wildman–Crippen MR) is 115 cm³/mol. The monoisotopic (exact) mass is 410 g/mol. The minimum Gasteiger partial charge on any atom is -0.395 e. The van der Waals surface area contributed by atoms with Gasteiger partial charge in [-0.2, -0.15) is 0 Å². The largest absolute Gasteiger partial charge is 0.395 e. The number of aryl methyl sites for hydroxylation is 1. The number of carbonyl (C=O) groups excluding carboxylic acids is 1. The molecule has 0 aliphatic carbocycles. The van der Waals surface area contributed by atoms with E-state index in [2.05, 4.69) is 20.6 Å². The van der Waals surface area contributed by atoms with Crippen molar-refractivity contribution < 1.29 is 9.90 Å². The maximum absolute atomic E-state index is 12.5. The van der Waals surface area contributed by atoms with Crippen molar-refractivity contribution in [2.45, 2.75) is 6.92 Å². The van der Waals surface area contributed by atoms with E-state index in [0.717, 1.165) is 37.2 Å². The summed E-state index contributed by atoms with van der Waals surface area (Å²) in [6.45, 7) is 2.47. The van der Waals surface area contributed by atoms with Gasteiger partial charge in [-0.3, -0.25) is 9.78 Å². The van der Waals surface area contributed by atoms with Crippen molar-refractivity contribution in [3.63, 3.8) is 0 Å². The molecule has 0 atom stereocenters. The van der Waals surface area contributed by atoms with E-state index < -0.39 is 0 Å². The molecule has 8 heteroatoms. The van der Waals surface area contributed by atoms with Gasteiger partial charge in [-0.1, -0.05) is 29.5 Å². The van der Waals surface area contributed by atoms with Crippen LogP contribution in [0.1, 0.15) is 15.4 Å². The summed E-state index contributed by atoms with van der Waals surface area (Å²) in [5, 5.41) is 15.6. The number of nitrogens with one attached hydrogen (secondary N) is 2. The number of amides is 1. The molecule has 1 aromatic carbocycles. The second-order valence-electron chi connectivity index (χ2n) is 6.17. The molecule has 0 spiro atoms. The second kappa shape index (κ2) is 8.05. The highest BCUT2D eigenvalue weighted by molar-refractivity contribution is 7.29. The topological polar surface area (TPSA) is 87.1 Å². The number of pyridine rings is 1. The quantitative estimate of drug-likeness (QED) is 0.439. The van der Waals surface area contributed by atoms with Crippen LogP contribution in [0, 0.1) is 6.92 Å². The van der Waals surface area contributed by atoms with E-state index >= 15 is 0 Å². The maximum atomic E-state index is 12.5. The molecule has 3 N–H and O–H groups in total. The number of hydrogen-bond acceptors (Lipinski definition) is 7. The van der Waals surface area contributed by atoms with Gasteiger partial charge in [0.25, 0.3) is 5.91 Å². The van der Waals surface area contributed by atoms with Crippen LogP contribution in [0.5, 0.6) is 0 Å². The number of thiazole rings is 1. The average molecular weight is 411 g/mol. The molecule has 0 saturated carbocycles. The lowest BCUT2D eigenvalue weighted by molar-refractivity contribution is 0.103. The third-order valence-corrected chi connectivity index (χ3v) is 6.21. The fraction of sp³-hybridized carbons (Fsp3) is 0.150. The van der Waals surface area contributed by atoms with Gasteiger partial charge < -0.3 is 15.7 Å². The Bertz CT molecular complexity index is 1070. The number of rotatable bonds is 6. The zero-order valence-electron chi connectivity index (χ0n) is 15.1.